The highest BCUT2D eigenvalue weighted by atomic mass is 16.3. The Labute approximate surface area is 114 Å². The lowest BCUT2D eigenvalue weighted by Crippen LogP contribution is -2.34. The molecule has 0 radical (unpaired) electrons. The average Bonchev–Trinajstić information content (AvgIpc) is 2.74. The number of fused-ring (bicyclic) bond motifs is 1. The van der Waals surface area contributed by atoms with Crippen LogP contribution in [0.1, 0.15) is 39.0 Å². The van der Waals surface area contributed by atoms with Gasteiger partial charge in [-0.1, -0.05) is 26.7 Å². The van der Waals surface area contributed by atoms with E-state index in [0.717, 1.165) is 34.5 Å². The molecule has 0 bridgehead atoms. The third kappa shape index (κ3) is 2.46. The molecule has 0 amide bonds. The second-order valence-corrected chi connectivity index (χ2v) is 5.93. The Hall–Kier alpha value is -1.51. The van der Waals surface area contributed by atoms with E-state index < -0.39 is 0 Å². The summed E-state index contributed by atoms with van der Waals surface area (Å²) in [5.41, 5.74) is 2.97. The van der Waals surface area contributed by atoms with Crippen LogP contribution in [0.5, 0.6) is 0 Å². The molecule has 1 saturated carbocycles. The fraction of sp³-hybridized carbons (Fsp3) is 0.562. The van der Waals surface area contributed by atoms with E-state index in [1.54, 1.807) is 0 Å². The van der Waals surface area contributed by atoms with Gasteiger partial charge in [0.2, 0.25) is 0 Å². The minimum atomic E-state index is 0.578. The molecule has 3 nitrogen and oxygen atoms in total. The van der Waals surface area contributed by atoms with Gasteiger partial charge in [0.1, 0.15) is 5.52 Å². The molecule has 3 heteroatoms. The normalized spacial score (nSPS) is 27.6. The molecule has 1 aliphatic rings. The van der Waals surface area contributed by atoms with Gasteiger partial charge in [0.05, 0.1) is 0 Å². The summed E-state index contributed by atoms with van der Waals surface area (Å²) in [5.74, 6) is 2.26. The van der Waals surface area contributed by atoms with Crippen LogP contribution in [-0.4, -0.2) is 11.0 Å². The summed E-state index contributed by atoms with van der Waals surface area (Å²) in [5, 5.41) is 3.68. The Balaban J connectivity index is 1.80. The Morgan fingerprint density at radius 2 is 2.11 bits per heavy atom. The number of nitrogens with one attached hydrogen (secondary N) is 1. The lowest BCUT2D eigenvalue weighted by molar-refractivity contribution is 0.253. The van der Waals surface area contributed by atoms with E-state index >= 15 is 0 Å². The van der Waals surface area contributed by atoms with Crippen molar-refractivity contribution in [3.8, 4) is 0 Å². The zero-order valence-corrected chi connectivity index (χ0v) is 11.9. The predicted molar refractivity (Wildman–Crippen MR) is 78.3 cm³/mol. The van der Waals surface area contributed by atoms with E-state index in [9.17, 15) is 0 Å². The molecular formula is C16H22N2O. The first-order chi connectivity index (χ1) is 9.13. The molecule has 3 atom stereocenters. The molecule has 2 aromatic rings. The van der Waals surface area contributed by atoms with E-state index in [1.807, 2.05) is 13.0 Å². The summed E-state index contributed by atoms with van der Waals surface area (Å²) in [7, 11) is 0. The minimum absolute atomic E-state index is 0.578. The SMILES string of the molecule is Cc1nc2cc(NC3CCCC(C)C3C)ccc2o1. The van der Waals surface area contributed by atoms with Gasteiger partial charge in [0.25, 0.3) is 0 Å². The van der Waals surface area contributed by atoms with Crippen molar-refractivity contribution in [2.75, 3.05) is 5.32 Å². The standard InChI is InChI=1S/C16H22N2O/c1-10-5-4-6-14(11(10)2)18-13-7-8-16-15(9-13)17-12(3)19-16/h7-11,14,18H,4-6H2,1-3H3. The summed E-state index contributed by atoms with van der Waals surface area (Å²) < 4.78 is 5.51. The van der Waals surface area contributed by atoms with Crippen molar-refractivity contribution in [1.29, 1.82) is 0 Å². The first-order valence-corrected chi connectivity index (χ1v) is 7.27. The minimum Gasteiger partial charge on any atom is -0.441 e. The number of hydrogen-bond acceptors (Lipinski definition) is 3. The molecule has 1 N–H and O–H groups in total. The lowest BCUT2D eigenvalue weighted by atomic mass is 9.78. The first kappa shape index (κ1) is 12.5. The second kappa shape index (κ2) is 4.87. The predicted octanol–water partition coefficient (Wildman–Crippen LogP) is 4.37. The first-order valence-electron chi connectivity index (χ1n) is 7.27. The van der Waals surface area contributed by atoms with Gasteiger partial charge in [-0.2, -0.15) is 0 Å². The maximum absolute atomic E-state index is 5.51. The van der Waals surface area contributed by atoms with E-state index in [2.05, 4.69) is 36.3 Å². The van der Waals surface area contributed by atoms with Gasteiger partial charge in [0, 0.05) is 18.7 Å². The zero-order chi connectivity index (χ0) is 13.4. The average molecular weight is 258 g/mol. The molecule has 1 fully saturated rings. The Bertz CT molecular complexity index is 575. The van der Waals surface area contributed by atoms with Crippen molar-refractivity contribution in [2.24, 2.45) is 11.8 Å². The smallest absolute Gasteiger partial charge is 0.192 e. The van der Waals surface area contributed by atoms with Gasteiger partial charge < -0.3 is 9.73 Å². The maximum Gasteiger partial charge on any atom is 0.192 e. The van der Waals surface area contributed by atoms with Crippen LogP contribution in [-0.2, 0) is 0 Å². The van der Waals surface area contributed by atoms with Crippen molar-refractivity contribution >= 4 is 16.8 Å². The number of rotatable bonds is 2. The second-order valence-electron chi connectivity index (χ2n) is 5.93. The van der Waals surface area contributed by atoms with E-state index in [1.165, 1.54) is 19.3 Å². The van der Waals surface area contributed by atoms with E-state index in [4.69, 9.17) is 4.42 Å². The van der Waals surface area contributed by atoms with Crippen LogP contribution in [0.3, 0.4) is 0 Å². The number of nitrogens with zero attached hydrogens (tertiary/aromatic N) is 1. The number of aromatic nitrogens is 1. The molecule has 0 aliphatic heterocycles. The quantitative estimate of drug-likeness (QED) is 0.869. The van der Waals surface area contributed by atoms with Crippen molar-refractivity contribution < 1.29 is 4.42 Å². The Kier molecular flexibility index (Phi) is 3.21. The van der Waals surface area contributed by atoms with Gasteiger partial charge in [-0.15, -0.1) is 0 Å². The van der Waals surface area contributed by atoms with Crippen LogP contribution in [0.4, 0.5) is 5.69 Å². The van der Waals surface area contributed by atoms with Crippen molar-refractivity contribution in [3.63, 3.8) is 0 Å². The summed E-state index contributed by atoms with van der Waals surface area (Å²) in [6.45, 7) is 6.61. The Morgan fingerprint density at radius 3 is 2.95 bits per heavy atom. The highest BCUT2D eigenvalue weighted by Gasteiger charge is 2.26. The van der Waals surface area contributed by atoms with Gasteiger partial charge >= 0.3 is 0 Å². The van der Waals surface area contributed by atoms with Gasteiger partial charge in [-0.05, 0) is 36.5 Å². The number of aryl methyl sites for hydroxylation is 1. The fourth-order valence-electron chi connectivity index (χ4n) is 3.13. The monoisotopic (exact) mass is 258 g/mol. The van der Waals surface area contributed by atoms with Crippen molar-refractivity contribution in [1.82, 2.24) is 4.98 Å². The lowest BCUT2D eigenvalue weighted by Gasteiger charge is -2.35. The van der Waals surface area contributed by atoms with Crippen LogP contribution >= 0.6 is 0 Å². The summed E-state index contributed by atoms with van der Waals surface area (Å²) in [6, 6.07) is 6.78. The molecule has 0 saturated heterocycles. The molecule has 1 aliphatic carbocycles. The summed E-state index contributed by atoms with van der Waals surface area (Å²) in [6.07, 6.45) is 3.96. The molecule has 1 aromatic carbocycles. The number of oxazole rings is 1. The third-order valence-electron chi connectivity index (χ3n) is 4.55. The Morgan fingerprint density at radius 1 is 1.26 bits per heavy atom. The fourth-order valence-corrected chi connectivity index (χ4v) is 3.13. The molecule has 0 spiro atoms. The largest absolute Gasteiger partial charge is 0.441 e. The van der Waals surface area contributed by atoms with Gasteiger partial charge in [-0.25, -0.2) is 4.98 Å². The van der Waals surface area contributed by atoms with Crippen molar-refractivity contribution in [3.05, 3.63) is 24.1 Å². The summed E-state index contributed by atoms with van der Waals surface area (Å²) in [4.78, 5) is 4.39. The molecule has 102 valence electrons. The van der Waals surface area contributed by atoms with Crippen LogP contribution in [0.2, 0.25) is 0 Å². The summed E-state index contributed by atoms with van der Waals surface area (Å²) >= 11 is 0. The molecule has 3 unspecified atom stereocenters. The van der Waals surface area contributed by atoms with Crippen LogP contribution in [0.25, 0.3) is 11.1 Å². The highest BCUT2D eigenvalue weighted by molar-refractivity contribution is 5.77. The van der Waals surface area contributed by atoms with Gasteiger partial charge in [0.15, 0.2) is 11.5 Å². The van der Waals surface area contributed by atoms with Crippen LogP contribution in [0, 0.1) is 18.8 Å². The number of benzene rings is 1. The molecule has 19 heavy (non-hydrogen) atoms. The highest BCUT2D eigenvalue weighted by Crippen LogP contribution is 2.32. The molecular weight excluding hydrogens is 236 g/mol. The van der Waals surface area contributed by atoms with Crippen molar-refractivity contribution in [2.45, 2.75) is 46.1 Å². The number of anilines is 1. The zero-order valence-electron chi connectivity index (χ0n) is 11.9. The van der Waals surface area contributed by atoms with E-state index in [0.29, 0.717) is 6.04 Å². The third-order valence-corrected chi connectivity index (χ3v) is 4.55. The molecule has 1 heterocycles. The molecule has 3 rings (SSSR count). The van der Waals surface area contributed by atoms with Crippen LogP contribution in [0.15, 0.2) is 22.6 Å². The number of hydrogen-bond donors (Lipinski definition) is 1. The topological polar surface area (TPSA) is 38.1 Å². The molecule has 1 aromatic heterocycles. The van der Waals surface area contributed by atoms with Gasteiger partial charge in [-0.3, -0.25) is 0 Å². The maximum atomic E-state index is 5.51. The van der Waals surface area contributed by atoms with E-state index in [-0.39, 0.29) is 0 Å². The van der Waals surface area contributed by atoms with Crippen LogP contribution < -0.4 is 5.32 Å².